The van der Waals surface area contributed by atoms with Crippen molar-refractivity contribution in [2.75, 3.05) is 5.32 Å². The molecular formula is C28H21N. The van der Waals surface area contributed by atoms with Gasteiger partial charge in [-0.3, -0.25) is 0 Å². The molecule has 0 spiro atoms. The zero-order valence-corrected chi connectivity index (χ0v) is 16.2. The highest BCUT2D eigenvalue weighted by Gasteiger charge is 2.21. The van der Waals surface area contributed by atoms with Crippen LogP contribution in [0.2, 0.25) is 0 Å². The Morgan fingerprint density at radius 2 is 1.55 bits per heavy atom. The molecule has 0 unspecified atom stereocenters. The molecule has 1 N–H and O–H groups in total. The van der Waals surface area contributed by atoms with E-state index in [4.69, 9.17) is 0 Å². The fourth-order valence-corrected chi connectivity index (χ4v) is 4.69. The molecule has 0 atom stereocenters. The number of nitrogens with one attached hydrogen (secondary N) is 1. The highest BCUT2D eigenvalue weighted by molar-refractivity contribution is 6.08. The lowest BCUT2D eigenvalue weighted by Gasteiger charge is -2.25. The lowest BCUT2D eigenvalue weighted by atomic mass is 9.81. The number of benzene rings is 4. The minimum Gasteiger partial charge on any atom is -0.355 e. The monoisotopic (exact) mass is 371 g/mol. The van der Waals surface area contributed by atoms with Gasteiger partial charge in [-0.2, -0.15) is 0 Å². The van der Waals surface area contributed by atoms with Crippen LogP contribution < -0.4 is 5.32 Å². The van der Waals surface area contributed by atoms with Crippen molar-refractivity contribution >= 4 is 33.8 Å². The van der Waals surface area contributed by atoms with Crippen LogP contribution >= 0.6 is 0 Å². The molecule has 0 bridgehead atoms. The second-order valence-electron chi connectivity index (χ2n) is 7.84. The summed E-state index contributed by atoms with van der Waals surface area (Å²) in [6.07, 6.45) is 9.04. The zero-order valence-electron chi connectivity index (χ0n) is 16.2. The molecule has 2 aliphatic rings. The molecule has 4 aromatic carbocycles. The first-order valence-corrected chi connectivity index (χ1v) is 10.2. The molecule has 4 aromatic rings. The first-order chi connectivity index (χ1) is 14.4. The third kappa shape index (κ3) is 2.70. The van der Waals surface area contributed by atoms with Crippen LogP contribution in [0, 0.1) is 0 Å². The molecule has 0 amide bonds. The van der Waals surface area contributed by atoms with Crippen molar-refractivity contribution in [2.24, 2.45) is 0 Å². The van der Waals surface area contributed by atoms with Gasteiger partial charge in [0.2, 0.25) is 0 Å². The van der Waals surface area contributed by atoms with E-state index in [1.165, 1.54) is 49.9 Å². The van der Waals surface area contributed by atoms with Gasteiger partial charge in [0.05, 0.1) is 0 Å². The average Bonchev–Trinajstić information content (AvgIpc) is 2.79. The molecule has 0 saturated carbocycles. The second kappa shape index (κ2) is 6.49. The van der Waals surface area contributed by atoms with Crippen molar-refractivity contribution in [2.45, 2.75) is 12.8 Å². The summed E-state index contributed by atoms with van der Waals surface area (Å²) < 4.78 is 0. The Morgan fingerprint density at radius 1 is 0.724 bits per heavy atom. The molecule has 29 heavy (non-hydrogen) atoms. The maximum atomic E-state index is 3.69. The molecule has 0 radical (unpaired) electrons. The second-order valence-corrected chi connectivity index (χ2v) is 7.84. The van der Waals surface area contributed by atoms with Crippen LogP contribution in [0.3, 0.4) is 0 Å². The highest BCUT2D eigenvalue weighted by atomic mass is 14.9. The molecule has 1 heteroatoms. The average molecular weight is 371 g/mol. The summed E-state index contributed by atoms with van der Waals surface area (Å²) in [7, 11) is 0. The van der Waals surface area contributed by atoms with Gasteiger partial charge in [0.15, 0.2) is 0 Å². The van der Waals surface area contributed by atoms with E-state index in [9.17, 15) is 0 Å². The van der Waals surface area contributed by atoms with Gasteiger partial charge in [0.25, 0.3) is 0 Å². The van der Waals surface area contributed by atoms with Crippen LogP contribution in [-0.4, -0.2) is 0 Å². The van der Waals surface area contributed by atoms with Gasteiger partial charge in [0, 0.05) is 16.8 Å². The van der Waals surface area contributed by atoms with E-state index in [1.807, 2.05) is 0 Å². The molecule has 2 aliphatic carbocycles. The minimum atomic E-state index is 1.03. The van der Waals surface area contributed by atoms with Crippen molar-refractivity contribution < 1.29 is 0 Å². The molecule has 0 saturated heterocycles. The van der Waals surface area contributed by atoms with Crippen molar-refractivity contribution in [1.82, 2.24) is 0 Å². The van der Waals surface area contributed by atoms with Crippen molar-refractivity contribution in [3.63, 3.8) is 0 Å². The summed E-state index contributed by atoms with van der Waals surface area (Å²) in [6.45, 7) is 0. The van der Waals surface area contributed by atoms with E-state index >= 15 is 0 Å². The summed E-state index contributed by atoms with van der Waals surface area (Å²) in [5.41, 5.74) is 10.4. The van der Waals surface area contributed by atoms with Gasteiger partial charge < -0.3 is 5.32 Å². The molecule has 0 fully saturated rings. The Labute approximate surface area is 171 Å². The van der Waals surface area contributed by atoms with Crippen LogP contribution in [0.25, 0.3) is 33.5 Å². The van der Waals surface area contributed by atoms with Gasteiger partial charge in [-0.15, -0.1) is 0 Å². The lowest BCUT2D eigenvalue weighted by molar-refractivity contribution is 1.23. The van der Waals surface area contributed by atoms with Gasteiger partial charge in [-0.05, 0) is 69.8 Å². The molecule has 138 valence electrons. The predicted molar refractivity (Wildman–Crippen MR) is 124 cm³/mol. The third-order valence-corrected chi connectivity index (χ3v) is 6.08. The Balaban J connectivity index is 1.44. The summed E-state index contributed by atoms with van der Waals surface area (Å²) in [5.74, 6) is 0. The Morgan fingerprint density at radius 3 is 2.41 bits per heavy atom. The zero-order chi connectivity index (χ0) is 19.2. The van der Waals surface area contributed by atoms with E-state index in [0.717, 1.165) is 18.5 Å². The van der Waals surface area contributed by atoms with Crippen LogP contribution in [0.5, 0.6) is 0 Å². The van der Waals surface area contributed by atoms with Gasteiger partial charge in [-0.25, -0.2) is 0 Å². The first kappa shape index (κ1) is 16.4. The number of hydrogen-bond donors (Lipinski definition) is 1. The highest BCUT2D eigenvalue weighted by Crippen LogP contribution is 2.43. The smallest absolute Gasteiger partial charge is 0.0470 e. The predicted octanol–water partition coefficient (Wildman–Crippen LogP) is 7.61. The third-order valence-electron chi connectivity index (χ3n) is 6.08. The fraction of sp³-hybridized carbons (Fsp3) is 0.0714. The normalized spacial score (nSPS) is 14.0. The fourth-order valence-electron chi connectivity index (χ4n) is 4.69. The number of anilines is 2. The molecule has 0 heterocycles. The Bertz CT molecular complexity index is 1290. The summed E-state index contributed by atoms with van der Waals surface area (Å²) in [4.78, 5) is 0. The maximum Gasteiger partial charge on any atom is 0.0470 e. The molecule has 1 nitrogen and oxygen atoms in total. The van der Waals surface area contributed by atoms with Gasteiger partial charge in [0.1, 0.15) is 0 Å². The van der Waals surface area contributed by atoms with E-state index in [0.29, 0.717) is 0 Å². The number of hydrogen-bond acceptors (Lipinski definition) is 1. The van der Waals surface area contributed by atoms with E-state index in [-0.39, 0.29) is 0 Å². The molecule has 6 rings (SSSR count). The van der Waals surface area contributed by atoms with Crippen molar-refractivity contribution in [1.29, 1.82) is 0 Å². The van der Waals surface area contributed by atoms with E-state index in [2.05, 4.69) is 102 Å². The van der Waals surface area contributed by atoms with Gasteiger partial charge in [-0.1, -0.05) is 78.9 Å². The first-order valence-electron chi connectivity index (χ1n) is 10.2. The largest absolute Gasteiger partial charge is 0.355 e. The summed E-state index contributed by atoms with van der Waals surface area (Å²) >= 11 is 0. The van der Waals surface area contributed by atoms with Crippen molar-refractivity contribution in [3.05, 3.63) is 108 Å². The van der Waals surface area contributed by atoms with Gasteiger partial charge >= 0.3 is 0 Å². The standard InChI is InChI=1S/C28H21N/c1-2-6-19(7-3-1)20-14-16-24(17-15-20)29-26-18-23-10-4-8-21-12-13-22-9-5-11-25(26)28(22)27(21)23/h1-7,9-12,14-18,29H,8,13H2. The van der Waals surface area contributed by atoms with Crippen LogP contribution in [0.1, 0.15) is 23.1 Å². The maximum absolute atomic E-state index is 3.69. The van der Waals surface area contributed by atoms with Crippen molar-refractivity contribution in [3.8, 4) is 11.1 Å². The molecule has 0 aromatic heterocycles. The Hall–Kier alpha value is -3.58. The quantitative estimate of drug-likeness (QED) is 0.391. The topological polar surface area (TPSA) is 12.0 Å². The van der Waals surface area contributed by atoms with Crippen LogP contribution in [0.15, 0.2) is 91.0 Å². The molecular weight excluding hydrogens is 350 g/mol. The SMILES string of the molecule is C1=Cc2cc(Nc3ccc(-c4ccccc4)cc3)c3cccc4c3c2C(=CC4)C1. The van der Waals surface area contributed by atoms with Crippen LogP contribution in [0.4, 0.5) is 11.4 Å². The minimum absolute atomic E-state index is 1.03. The molecule has 0 aliphatic heterocycles. The summed E-state index contributed by atoms with van der Waals surface area (Å²) in [6, 6.07) is 28.3. The Kier molecular flexibility index (Phi) is 3.67. The van der Waals surface area contributed by atoms with E-state index in [1.54, 1.807) is 0 Å². The number of allylic oxidation sites excluding steroid dienone is 3. The lowest BCUT2D eigenvalue weighted by Crippen LogP contribution is -2.05. The number of rotatable bonds is 3. The van der Waals surface area contributed by atoms with E-state index < -0.39 is 0 Å². The summed E-state index contributed by atoms with van der Waals surface area (Å²) in [5, 5.41) is 6.43. The van der Waals surface area contributed by atoms with Crippen LogP contribution in [-0.2, 0) is 6.42 Å².